The summed E-state index contributed by atoms with van der Waals surface area (Å²) in [6.45, 7) is 5.29. The molecule has 0 bridgehead atoms. The third-order valence-electron chi connectivity index (χ3n) is 2.92. The van der Waals surface area contributed by atoms with Crippen LogP contribution in [0.4, 0.5) is 10.5 Å². The van der Waals surface area contributed by atoms with Crippen molar-refractivity contribution in [2.24, 2.45) is 0 Å². The van der Waals surface area contributed by atoms with Crippen LogP contribution in [0.3, 0.4) is 0 Å². The number of hydrogen-bond donors (Lipinski definition) is 1. The minimum atomic E-state index is -0.633. The van der Waals surface area contributed by atoms with Gasteiger partial charge in [-0.25, -0.2) is 4.79 Å². The third kappa shape index (κ3) is 4.74. The minimum Gasteiger partial charge on any atom is -0.444 e. The van der Waals surface area contributed by atoms with Crippen molar-refractivity contribution >= 4 is 23.3 Å². The summed E-state index contributed by atoms with van der Waals surface area (Å²) in [6, 6.07) is 9.15. The molecule has 0 aliphatic carbocycles. The van der Waals surface area contributed by atoms with Crippen LogP contribution in [0.15, 0.2) is 48.8 Å². The Morgan fingerprint density at radius 2 is 1.58 bits per heavy atom. The lowest BCUT2D eigenvalue weighted by Crippen LogP contribution is -2.27. The number of nitrogens with one attached hydrogen (secondary N) is 1. The second-order valence-electron chi connectivity index (χ2n) is 6.10. The van der Waals surface area contributed by atoms with Crippen LogP contribution in [0.1, 0.15) is 41.5 Å². The van der Waals surface area contributed by atoms with Crippen LogP contribution in [0, 0.1) is 0 Å². The summed E-state index contributed by atoms with van der Waals surface area (Å²) in [7, 11) is 0. The molecule has 2 aromatic rings. The third-order valence-corrected chi connectivity index (χ3v) is 2.92. The van der Waals surface area contributed by atoms with Gasteiger partial charge in [0.2, 0.25) is 11.6 Å². The first-order valence-corrected chi connectivity index (χ1v) is 7.35. The largest absolute Gasteiger partial charge is 0.444 e. The molecular weight excluding hydrogens is 308 g/mol. The van der Waals surface area contributed by atoms with Gasteiger partial charge in [0.05, 0.1) is 0 Å². The standard InChI is InChI=1S/C18H18N2O4/c1-18(2,3)24-17(23)20-14-8-6-12(7-9-14)15(21)16(22)13-5-4-10-19-11-13/h4-11H,1-3H3,(H,20,23). The molecule has 1 N–H and O–H groups in total. The van der Waals surface area contributed by atoms with Gasteiger partial charge in [0, 0.05) is 29.2 Å². The lowest BCUT2D eigenvalue weighted by molar-refractivity contribution is 0.0635. The molecule has 124 valence electrons. The van der Waals surface area contributed by atoms with Gasteiger partial charge in [-0.05, 0) is 57.2 Å². The molecule has 0 fully saturated rings. The number of anilines is 1. The molecule has 6 nitrogen and oxygen atoms in total. The molecule has 1 aromatic carbocycles. The molecule has 0 aliphatic rings. The van der Waals surface area contributed by atoms with E-state index in [1.54, 1.807) is 26.8 Å². The Morgan fingerprint density at radius 1 is 0.958 bits per heavy atom. The Labute approximate surface area is 139 Å². The van der Waals surface area contributed by atoms with Gasteiger partial charge < -0.3 is 4.74 Å². The highest BCUT2D eigenvalue weighted by molar-refractivity contribution is 6.49. The summed E-state index contributed by atoms with van der Waals surface area (Å²) in [5.41, 5.74) is 0.336. The van der Waals surface area contributed by atoms with Gasteiger partial charge in [-0.3, -0.25) is 19.9 Å². The summed E-state index contributed by atoms with van der Waals surface area (Å²) in [5, 5.41) is 2.56. The molecule has 0 spiro atoms. The monoisotopic (exact) mass is 326 g/mol. The number of aromatic nitrogens is 1. The maximum Gasteiger partial charge on any atom is 0.412 e. The average molecular weight is 326 g/mol. The quantitative estimate of drug-likeness (QED) is 0.686. The van der Waals surface area contributed by atoms with Crippen molar-refractivity contribution in [3.63, 3.8) is 0 Å². The number of carbonyl (C=O) groups is 3. The van der Waals surface area contributed by atoms with Crippen LogP contribution in [-0.2, 0) is 4.74 Å². The first-order chi connectivity index (χ1) is 11.3. The van der Waals surface area contributed by atoms with Crippen molar-refractivity contribution < 1.29 is 19.1 Å². The highest BCUT2D eigenvalue weighted by Crippen LogP contribution is 2.14. The number of Topliss-reactive ketones (excluding diaryl/α,β-unsaturated/α-hetero) is 2. The molecule has 24 heavy (non-hydrogen) atoms. The molecule has 0 aliphatic heterocycles. The van der Waals surface area contributed by atoms with Crippen LogP contribution in [0.5, 0.6) is 0 Å². The van der Waals surface area contributed by atoms with E-state index in [0.717, 1.165) is 0 Å². The van der Waals surface area contributed by atoms with Gasteiger partial charge >= 0.3 is 6.09 Å². The fraction of sp³-hybridized carbons (Fsp3) is 0.222. The van der Waals surface area contributed by atoms with E-state index in [4.69, 9.17) is 4.74 Å². The summed E-state index contributed by atoms with van der Waals surface area (Å²) in [6.07, 6.45) is 2.28. The van der Waals surface area contributed by atoms with Gasteiger partial charge in [0.15, 0.2) is 0 Å². The summed E-state index contributed by atoms with van der Waals surface area (Å²) < 4.78 is 5.14. The Hall–Kier alpha value is -3.02. The number of nitrogens with zero attached hydrogens (tertiary/aromatic N) is 1. The van der Waals surface area contributed by atoms with E-state index in [-0.39, 0.29) is 11.1 Å². The summed E-state index contributed by atoms with van der Waals surface area (Å²) in [4.78, 5) is 39.8. The minimum absolute atomic E-state index is 0.235. The van der Waals surface area contributed by atoms with E-state index in [1.165, 1.54) is 42.7 Å². The molecule has 0 radical (unpaired) electrons. The maximum absolute atomic E-state index is 12.2. The van der Waals surface area contributed by atoms with Crippen molar-refractivity contribution in [2.75, 3.05) is 5.32 Å². The molecule has 1 amide bonds. The van der Waals surface area contributed by atoms with Gasteiger partial charge in [-0.15, -0.1) is 0 Å². The number of ketones is 2. The predicted molar refractivity (Wildman–Crippen MR) is 89.2 cm³/mol. The van der Waals surface area contributed by atoms with E-state index < -0.39 is 23.3 Å². The number of carbonyl (C=O) groups excluding carboxylic acids is 3. The summed E-state index contributed by atoms with van der Waals surface area (Å²) >= 11 is 0. The van der Waals surface area contributed by atoms with Gasteiger partial charge in [-0.2, -0.15) is 0 Å². The van der Waals surface area contributed by atoms with Crippen molar-refractivity contribution in [2.45, 2.75) is 26.4 Å². The Kier molecular flexibility index (Phi) is 5.08. The van der Waals surface area contributed by atoms with E-state index in [2.05, 4.69) is 10.3 Å². The average Bonchev–Trinajstić information content (AvgIpc) is 2.53. The van der Waals surface area contributed by atoms with Gasteiger partial charge in [0.25, 0.3) is 0 Å². The molecular formula is C18H18N2O4. The number of hydrogen-bond acceptors (Lipinski definition) is 5. The first-order valence-electron chi connectivity index (χ1n) is 7.35. The Morgan fingerprint density at radius 3 is 2.12 bits per heavy atom. The van der Waals surface area contributed by atoms with E-state index in [0.29, 0.717) is 5.69 Å². The zero-order chi connectivity index (χ0) is 17.7. The lowest BCUT2D eigenvalue weighted by atomic mass is 10.0. The molecule has 0 saturated heterocycles. The van der Waals surface area contributed by atoms with Crippen LogP contribution in [0.25, 0.3) is 0 Å². The van der Waals surface area contributed by atoms with E-state index >= 15 is 0 Å². The molecule has 0 saturated carbocycles. The summed E-state index contributed by atoms with van der Waals surface area (Å²) in [5.74, 6) is -1.26. The predicted octanol–water partition coefficient (Wildman–Crippen LogP) is 3.49. The number of amides is 1. The molecule has 0 unspecified atom stereocenters. The fourth-order valence-corrected chi connectivity index (χ4v) is 1.89. The van der Waals surface area contributed by atoms with Crippen molar-refractivity contribution in [1.29, 1.82) is 0 Å². The number of pyridine rings is 1. The molecule has 0 atom stereocenters. The topological polar surface area (TPSA) is 85.4 Å². The number of ether oxygens (including phenoxy) is 1. The van der Waals surface area contributed by atoms with E-state index in [1.807, 2.05) is 0 Å². The number of benzene rings is 1. The van der Waals surface area contributed by atoms with Gasteiger partial charge in [-0.1, -0.05) is 0 Å². The van der Waals surface area contributed by atoms with E-state index in [9.17, 15) is 14.4 Å². The first kappa shape index (κ1) is 17.3. The second kappa shape index (κ2) is 7.04. The maximum atomic E-state index is 12.2. The van der Waals surface area contributed by atoms with Crippen molar-refractivity contribution in [3.05, 3.63) is 59.9 Å². The molecule has 1 heterocycles. The zero-order valence-electron chi connectivity index (χ0n) is 13.7. The fourth-order valence-electron chi connectivity index (χ4n) is 1.89. The normalized spacial score (nSPS) is 10.8. The van der Waals surface area contributed by atoms with Crippen LogP contribution in [-0.4, -0.2) is 28.2 Å². The highest BCUT2D eigenvalue weighted by Gasteiger charge is 2.19. The lowest BCUT2D eigenvalue weighted by Gasteiger charge is -2.19. The van der Waals surface area contributed by atoms with Crippen LogP contribution < -0.4 is 5.32 Å². The number of rotatable bonds is 4. The Bertz CT molecular complexity index is 747. The van der Waals surface area contributed by atoms with Gasteiger partial charge in [0.1, 0.15) is 5.60 Å². The highest BCUT2D eigenvalue weighted by atomic mass is 16.6. The molecule has 2 rings (SSSR count). The van der Waals surface area contributed by atoms with Crippen LogP contribution >= 0.6 is 0 Å². The molecule has 1 aromatic heterocycles. The Balaban J connectivity index is 2.05. The van der Waals surface area contributed by atoms with Crippen molar-refractivity contribution in [3.8, 4) is 0 Å². The smallest absolute Gasteiger partial charge is 0.412 e. The van der Waals surface area contributed by atoms with Crippen molar-refractivity contribution in [1.82, 2.24) is 4.98 Å². The van der Waals surface area contributed by atoms with Crippen LogP contribution in [0.2, 0.25) is 0 Å². The molecule has 6 heteroatoms. The zero-order valence-corrected chi connectivity index (χ0v) is 13.7. The SMILES string of the molecule is CC(C)(C)OC(=O)Nc1ccc(C(=O)C(=O)c2cccnc2)cc1. The second-order valence-corrected chi connectivity index (χ2v) is 6.10.